The number of nitrogens with zero attached hydrogens (tertiary/aromatic N) is 4. The van der Waals surface area contributed by atoms with Crippen LogP contribution >= 0.6 is 23.6 Å². The molecule has 2 heterocycles. The van der Waals surface area contributed by atoms with Crippen LogP contribution in [0.4, 0.5) is 5.95 Å². The molecule has 5 nitrogen and oxygen atoms in total. The third-order valence-corrected chi connectivity index (χ3v) is 3.33. The van der Waals surface area contributed by atoms with Gasteiger partial charge < -0.3 is 10.6 Å². The van der Waals surface area contributed by atoms with Crippen LogP contribution in [0.1, 0.15) is 16.4 Å². The normalized spacial score (nSPS) is 10.3. The molecule has 0 spiro atoms. The second kappa shape index (κ2) is 5.36. The van der Waals surface area contributed by atoms with Gasteiger partial charge in [-0.3, -0.25) is 0 Å². The molecule has 0 amide bonds. The standard InChI is InChI=1S/C11H13N5S2/c1-7-14-8(6-18-7)5-16(2)11-13-4-3-9(15-11)10(12)17/h3-4,6H,5H2,1-2H3,(H2,12,17). The summed E-state index contributed by atoms with van der Waals surface area (Å²) >= 11 is 6.53. The number of aryl methyl sites for hydroxylation is 1. The molecule has 0 fully saturated rings. The second-order valence-electron chi connectivity index (χ2n) is 3.82. The van der Waals surface area contributed by atoms with Gasteiger partial charge in [0, 0.05) is 18.6 Å². The molecule has 2 aromatic rings. The molecular weight excluding hydrogens is 266 g/mol. The highest BCUT2D eigenvalue weighted by Gasteiger charge is 2.09. The Morgan fingerprint density at radius 2 is 2.28 bits per heavy atom. The Balaban J connectivity index is 2.15. The van der Waals surface area contributed by atoms with E-state index in [-0.39, 0.29) is 4.99 Å². The van der Waals surface area contributed by atoms with Crippen molar-refractivity contribution in [3.05, 3.63) is 34.0 Å². The van der Waals surface area contributed by atoms with Crippen LogP contribution in [0.25, 0.3) is 0 Å². The predicted molar refractivity (Wildman–Crippen MR) is 76.9 cm³/mol. The van der Waals surface area contributed by atoms with E-state index in [2.05, 4.69) is 15.0 Å². The molecule has 0 unspecified atom stereocenters. The Morgan fingerprint density at radius 3 is 2.89 bits per heavy atom. The number of hydrogen-bond donors (Lipinski definition) is 1. The Morgan fingerprint density at radius 1 is 1.50 bits per heavy atom. The first-order valence-electron chi connectivity index (χ1n) is 5.31. The SMILES string of the molecule is Cc1nc(CN(C)c2nccc(C(N)=S)n2)cs1. The summed E-state index contributed by atoms with van der Waals surface area (Å²) in [6.45, 7) is 2.64. The summed E-state index contributed by atoms with van der Waals surface area (Å²) in [7, 11) is 1.91. The van der Waals surface area contributed by atoms with Crippen molar-refractivity contribution in [3.63, 3.8) is 0 Å². The summed E-state index contributed by atoms with van der Waals surface area (Å²) in [6.07, 6.45) is 1.65. The van der Waals surface area contributed by atoms with Crippen molar-refractivity contribution >= 4 is 34.5 Å². The van der Waals surface area contributed by atoms with Gasteiger partial charge in [0.15, 0.2) is 0 Å². The molecule has 0 aliphatic heterocycles. The lowest BCUT2D eigenvalue weighted by Gasteiger charge is -2.15. The lowest BCUT2D eigenvalue weighted by atomic mass is 10.4. The topological polar surface area (TPSA) is 67.9 Å². The third kappa shape index (κ3) is 2.99. The van der Waals surface area contributed by atoms with Gasteiger partial charge in [-0.1, -0.05) is 12.2 Å². The number of thiocarbonyl (C=S) groups is 1. The fourth-order valence-corrected chi connectivity index (χ4v) is 2.18. The number of thiazole rings is 1. The minimum absolute atomic E-state index is 0.275. The molecule has 7 heteroatoms. The van der Waals surface area contributed by atoms with E-state index >= 15 is 0 Å². The first-order valence-corrected chi connectivity index (χ1v) is 6.60. The first-order chi connectivity index (χ1) is 8.56. The molecule has 0 aliphatic rings. The van der Waals surface area contributed by atoms with Gasteiger partial charge in [-0.15, -0.1) is 11.3 Å². The van der Waals surface area contributed by atoms with Crippen molar-refractivity contribution < 1.29 is 0 Å². The average Bonchev–Trinajstić information content (AvgIpc) is 2.75. The maximum absolute atomic E-state index is 5.55. The van der Waals surface area contributed by atoms with Crippen LogP contribution < -0.4 is 10.6 Å². The molecule has 2 N–H and O–H groups in total. The van der Waals surface area contributed by atoms with E-state index in [9.17, 15) is 0 Å². The van der Waals surface area contributed by atoms with Crippen LogP contribution in [0.15, 0.2) is 17.6 Å². The van der Waals surface area contributed by atoms with Gasteiger partial charge in [-0.25, -0.2) is 15.0 Å². The molecule has 94 valence electrons. The summed E-state index contributed by atoms with van der Waals surface area (Å²) in [5, 5.41) is 3.08. The van der Waals surface area contributed by atoms with Gasteiger partial charge in [0.2, 0.25) is 5.95 Å². The van der Waals surface area contributed by atoms with Crippen molar-refractivity contribution in [1.82, 2.24) is 15.0 Å². The van der Waals surface area contributed by atoms with Crippen molar-refractivity contribution in [2.45, 2.75) is 13.5 Å². The molecule has 0 saturated heterocycles. The fraction of sp³-hybridized carbons (Fsp3) is 0.273. The highest BCUT2D eigenvalue weighted by atomic mass is 32.1. The Bertz CT molecular complexity index is 566. The molecule has 2 aromatic heterocycles. The molecular formula is C11H13N5S2. The highest BCUT2D eigenvalue weighted by molar-refractivity contribution is 7.80. The van der Waals surface area contributed by atoms with Crippen molar-refractivity contribution in [3.8, 4) is 0 Å². The number of aromatic nitrogens is 3. The molecule has 0 bridgehead atoms. The van der Waals surface area contributed by atoms with Gasteiger partial charge in [-0.05, 0) is 13.0 Å². The van der Waals surface area contributed by atoms with Gasteiger partial charge in [0.05, 0.1) is 17.2 Å². The summed E-state index contributed by atoms with van der Waals surface area (Å²) in [4.78, 5) is 15.1. The van der Waals surface area contributed by atoms with Gasteiger partial charge in [0.1, 0.15) is 10.7 Å². The van der Waals surface area contributed by atoms with E-state index in [4.69, 9.17) is 18.0 Å². The fourth-order valence-electron chi connectivity index (χ4n) is 1.46. The number of hydrogen-bond acceptors (Lipinski definition) is 6. The van der Waals surface area contributed by atoms with Crippen LogP contribution in [0, 0.1) is 6.92 Å². The van der Waals surface area contributed by atoms with Gasteiger partial charge in [0.25, 0.3) is 0 Å². The number of nitrogens with two attached hydrogens (primary N) is 1. The highest BCUT2D eigenvalue weighted by Crippen LogP contribution is 2.13. The van der Waals surface area contributed by atoms with Gasteiger partial charge in [-0.2, -0.15) is 0 Å². The molecule has 18 heavy (non-hydrogen) atoms. The molecule has 2 rings (SSSR count). The summed E-state index contributed by atoms with van der Waals surface area (Å²) in [6, 6.07) is 1.70. The average molecular weight is 279 g/mol. The summed E-state index contributed by atoms with van der Waals surface area (Å²) in [5.41, 5.74) is 7.13. The monoisotopic (exact) mass is 279 g/mol. The van der Waals surface area contributed by atoms with E-state index in [1.54, 1.807) is 23.6 Å². The largest absolute Gasteiger partial charge is 0.388 e. The maximum Gasteiger partial charge on any atom is 0.226 e. The van der Waals surface area contributed by atoms with E-state index in [1.165, 1.54) is 0 Å². The van der Waals surface area contributed by atoms with E-state index < -0.39 is 0 Å². The lowest BCUT2D eigenvalue weighted by molar-refractivity contribution is 0.843. The Hall–Kier alpha value is -1.60. The molecule has 0 aromatic carbocycles. The summed E-state index contributed by atoms with van der Waals surface area (Å²) in [5.74, 6) is 0.589. The molecule has 0 aliphatic carbocycles. The smallest absolute Gasteiger partial charge is 0.226 e. The first kappa shape index (κ1) is 12.8. The van der Waals surface area contributed by atoms with Crippen molar-refractivity contribution in [1.29, 1.82) is 0 Å². The minimum atomic E-state index is 0.275. The predicted octanol–water partition coefficient (Wildman–Crippen LogP) is 1.51. The van der Waals surface area contributed by atoms with Crippen LogP contribution in [-0.4, -0.2) is 27.0 Å². The van der Waals surface area contributed by atoms with Crippen LogP contribution in [-0.2, 0) is 6.54 Å². The number of anilines is 1. The Labute approximate surface area is 115 Å². The Kier molecular flexibility index (Phi) is 3.83. The maximum atomic E-state index is 5.55. The van der Waals surface area contributed by atoms with Crippen LogP contribution in [0.5, 0.6) is 0 Å². The number of rotatable bonds is 4. The third-order valence-electron chi connectivity index (χ3n) is 2.30. The zero-order valence-corrected chi connectivity index (χ0v) is 11.8. The van der Waals surface area contributed by atoms with Gasteiger partial charge >= 0.3 is 0 Å². The van der Waals surface area contributed by atoms with Crippen molar-refractivity contribution in [2.75, 3.05) is 11.9 Å². The minimum Gasteiger partial charge on any atom is -0.388 e. The molecule has 0 saturated carbocycles. The van der Waals surface area contributed by atoms with Crippen LogP contribution in [0.3, 0.4) is 0 Å². The van der Waals surface area contributed by atoms with E-state index in [0.29, 0.717) is 18.2 Å². The van der Waals surface area contributed by atoms with E-state index in [1.807, 2.05) is 24.3 Å². The van der Waals surface area contributed by atoms with Crippen molar-refractivity contribution in [2.24, 2.45) is 5.73 Å². The molecule has 0 atom stereocenters. The zero-order chi connectivity index (χ0) is 13.1. The van der Waals surface area contributed by atoms with Crippen LogP contribution in [0.2, 0.25) is 0 Å². The second-order valence-corrected chi connectivity index (χ2v) is 5.32. The molecule has 0 radical (unpaired) electrons. The zero-order valence-electron chi connectivity index (χ0n) is 10.1. The summed E-state index contributed by atoms with van der Waals surface area (Å²) < 4.78 is 0. The lowest BCUT2D eigenvalue weighted by Crippen LogP contribution is -2.21. The van der Waals surface area contributed by atoms with E-state index in [0.717, 1.165) is 10.7 Å². The quantitative estimate of drug-likeness (QED) is 0.856.